The number of halogens is 2. The first kappa shape index (κ1) is 13.3. The van der Waals surface area contributed by atoms with Crippen LogP contribution in [0.1, 0.15) is 13.8 Å². The molecule has 3 nitrogen and oxygen atoms in total. The van der Waals surface area contributed by atoms with Gasteiger partial charge >= 0.3 is 5.97 Å². The number of rotatable bonds is 4. The summed E-state index contributed by atoms with van der Waals surface area (Å²) in [5, 5.41) is 12.6. The molecule has 0 saturated heterocycles. The van der Waals surface area contributed by atoms with Gasteiger partial charge in [0, 0.05) is 16.7 Å². The SMILES string of the molecule is CC(C)(CNc1ccc(Cl)c(Br)c1)C(=O)O. The minimum atomic E-state index is -0.826. The van der Waals surface area contributed by atoms with Gasteiger partial charge in [-0.1, -0.05) is 11.6 Å². The molecular formula is C11H13BrClNO2. The molecule has 5 heteroatoms. The first-order valence-electron chi connectivity index (χ1n) is 4.75. The first-order chi connectivity index (χ1) is 7.33. The molecular weight excluding hydrogens is 293 g/mol. The van der Waals surface area contributed by atoms with Crippen molar-refractivity contribution in [1.82, 2.24) is 0 Å². The van der Waals surface area contributed by atoms with E-state index in [-0.39, 0.29) is 0 Å². The summed E-state index contributed by atoms with van der Waals surface area (Å²) in [6.07, 6.45) is 0. The van der Waals surface area contributed by atoms with Crippen molar-refractivity contribution < 1.29 is 9.90 Å². The molecule has 0 saturated carbocycles. The number of carboxylic acid groups (broad SMARTS) is 1. The van der Waals surface area contributed by atoms with Gasteiger partial charge in [-0.05, 0) is 48.0 Å². The molecule has 0 aliphatic carbocycles. The molecule has 0 aliphatic heterocycles. The third-order valence-electron chi connectivity index (χ3n) is 2.23. The predicted molar refractivity (Wildman–Crippen MR) is 69.1 cm³/mol. The lowest BCUT2D eigenvalue weighted by atomic mass is 9.94. The standard InChI is InChI=1S/C11H13BrClNO2/c1-11(2,10(15)16)6-14-7-3-4-9(13)8(12)5-7/h3-5,14H,6H2,1-2H3,(H,15,16). The molecule has 0 amide bonds. The van der Waals surface area contributed by atoms with E-state index >= 15 is 0 Å². The van der Waals surface area contributed by atoms with E-state index in [1.54, 1.807) is 19.9 Å². The van der Waals surface area contributed by atoms with E-state index in [0.29, 0.717) is 11.6 Å². The topological polar surface area (TPSA) is 49.3 Å². The van der Waals surface area contributed by atoms with Crippen molar-refractivity contribution >= 4 is 39.2 Å². The fourth-order valence-electron chi connectivity index (χ4n) is 1.00. The lowest BCUT2D eigenvalue weighted by molar-refractivity contribution is -0.146. The Bertz CT molecular complexity index is 407. The molecule has 1 aromatic carbocycles. The maximum atomic E-state index is 10.9. The van der Waals surface area contributed by atoms with Crippen molar-refractivity contribution in [2.24, 2.45) is 5.41 Å². The fraction of sp³-hybridized carbons (Fsp3) is 0.364. The number of hydrogen-bond donors (Lipinski definition) is 2. The van der Waals surface area contributed by atoms with Crippen LogP contribution in [0.15, 0.2) is 22.7 Å². The number of hydrogen-bond acceptors (Lipinski definition) is 2. The normalized spacial score (nSPS) is 11.2. The summed E-state index contributed by atoms with van der Waals surface area (Å²) in [6.45, 7) is 3.71. The van der Waals surface area contributed by atoms with Crippen molar-refractivity contribution in [3.8, 4) is 0 Å². The van der Waals surface area contributed by atoms with Crippen LogP contribution in [0, 0.1) is 5.41 Å². The zero-order valence-electron chi connectivity index (χ0n) is 9.05. The largest absolute Gasteiger partial charge is 0.481 e. The number of anilines is 1. The Labute approximate surface area is 108 Å². The van der Waals surface area contributed by atoms with Crippen LogP contribution in [-0.2, 0) is 4.79 Å². The predicted octanol–water partition coefficient (Wildman–Crippen LogP) is 3.63. The van der Waals surface area contributed by atoms with Gasteiger partial charge in [0.2, 0.25) is 0 Å². The molecule has 1 aromatic rings. The van der Waals surface area contributed by atoms with Gasteiger partial charge in [-0.15, -0.1) is 0 Å². The monoisotopic (exact) mass is 305 g/mol. The highest BCUT2D eigenvalue weighted by Crippen LogP contribution is 2.26. The minimum absolute atomic E-state index is 0.358. The molecule has 0 aliphatic rings. The summed E-state index contributed by atoms with van der Waals surface area (Å²) in [5.41, 5.74) is 0.0390. The first-order valence-corrected chi connectivity index (χ1v) is 5.92. The summed E-state index contributed by atoms with van der Waals surface area (Å²) in [4.78, 5) is 10.9. The molecule has 0 fully saturated rings. The van der Waals surface area contributed by atoms with Gasteiger partial charge < -0.3 is 10.4 Å². The molecule has 0 bridgehead atoms. The van der Waals surface area contributed by atoms with E-state index in [1.165, 1.54) is 0 Å². The number of nitrogens with one attached hydrogen (secondary N) is 1. The maximum absolute atomic E-state index is 10.9. The van der Waals surface area contributed by atoms with E-state index in [2.05, 4.69) is 21.2 Å². The van der Waals surface area contributed by atoms with Gasteiger partial charge in [-0.3, -0.25) is 4.79 Å². The number of carboxylic acids is 1. The highest BCUT2D eigenvalue weighted by atomic mass is 79.9. The summed E-state index contributed by atoms with van der Waals surface area (Å²) in [6, 6.07) is 5.38. The molecule has 16 heavy (non-hydrogen) atoms. The van der Waals surface area contributed by atoms with Crippen LogP contribution in [-0.4, -0.2) is 17.6 Å². The van der Waals surface area contributed by atoms with Crippen LogP contribution in [0.4, 0.5) is 5.69 Å². The van der Waals surface area contributed by atoms with Crippen molar-refractivity contribution in [2.45, 2.75) is 13.8 Å². The lowest BCUT2D eigenvalue weighted by Crippen LogP contribution is -2.31. The van der Waals surface area contributed by atoms with E-state index < -0.39 is 11.4 Å². The van der Waals surface area contributed by atoms with Crippen LogP contribution >= 0.6 is 27.5 Å². The molecule has 0 aromatic heterocycles. The van der Waals surface area contributed by atoms with E-state index in [9.17, 15) is 4.79 Å². The van der Waals surface area contributed by atoms with Gasteiger partial charge in [0.15, 0.2) is 0 Å². The number of carbonyl (C=O) groups is 1. The molecule has 88 valence electrons. The zero-order valence-corrected chi connectivity index (χ0v) is 11.4. The summed E-state index contributed by atoms with van der Waals surface area (Å²) in [7, 11) is 0. The van der Waals surface area contributed by atoms with Crippen LogP contribution < -0.4 is 5.32 Å². The van der Waals surface area contributed by atoms with Crippen molar-refractivity contribution in [3.63, 3.8) is 0 Å². The average molecular weight is 307 g/mol. The van der Waals surface area contributed by atoms with Gasteiger partial charge in [0.25, 0.3) is 0 Å². The van der Waals surface area contributed by atoms with Gasteiger partial charge in [0.1, 0.15) is 0 Å². The molecule has 0 atom stereocenters. The Morgan fingerprint density at radius 3 is 2.69 bits per heavy atom. The Morgan fingerprint density at radius 1 is 1.56 bits per heavy atom. The van der Waals surface area contributed by atoms with Crippen molar-refractivity contribution in [3.05, 3.63) is 27.7 Å². The van der Waals surface area contributed by atoms with Crippen molar-refractivity contribution in [1.29, 1.82) is 0 Å². The zero-order chi connectivity index (χ0) is 12.3. The number of benzene rings is 1. The Kier molecular flexibility index (Phi) is 4.21. The molecule has 0 radical (unpaired) electrons. The Morgan fingerprint density at radius 2 is 2.19 bits per heavy atom. The quantitative estimate of drug-likeness (QED) is 0.893. The summed E-state index contributed by atoms with van der Waals surface area (Å²) < 4.78 is 0.785. The number of aliphatic carboxylic acids is 1. The maximum Gasteiger partial charge on any atom is 0.310 e. The van der Waals surface area contributed by atoms with E-state index in [4.69, 9.17) is 16.7 Å². The Hall–Kier alpha value is -0.740. The third kappa shape index (κ3) is 3.39. The molecule has 2 N–H and O–H groups in total. The van der Waals surface area contributed by atoms with Crippen LogP contribution in [0.5, 0.6) is 0 Å². The molecule has 1 rings (SSSR count). The second-order valence-corrected chi connectivity index (χ2v) is 5.43. The third-order valence-corrected chi connectivity index (χ3v) is 3.45. The second kappa shape index (κ2) is 5.06. The van der Waals surface area contributed by atoms with Crippen LogP contribution in [0.2, 0.25) is 5.02 Å². The minimum Gasteiger partial charge on any atom is -0.481 e. The van der Waals surface area contributed by atoms with Crippen LogP contribution in [0.3, 0.4) is 0 Å². The molecule has 0 unspecified atom stereocenters. The lowest BCUT2D eigenvalue weighted by Gasteiger charge is -2.20. The highest BCUT2D eigenvalue weighted by molar-refractivity contribution is 9.10. The molecule has 0 heterocycles. The van der Waals surface area contributed by atoms with Crippen LogP contribution in [0.25, 0.3) is 0 Å². The second-order valence-electron chi connectivity index (χ2n) is 4.17. The highest BCUT2D eigenvalue weighted by Gasteiger charge is 2.26. The fourth-order valence-corrected chi connectivity index (χ4v) is 1.50. The van der Waals surface area contributed by atoms with E-state index in [1.807, 2.05) is 12.1 Å². The van der Waals surface area contributed by atoms with Gasteiger partial charge in [-0.2, -0.15) is 0 Å². The summed E-state index contributed by atoms with van der Waals surface area (Å²) >= 11 is 9.16. The van der Waals surface area contributed by atoms with Crippen molar-refractivity contribution in [2.75, 3.05) is 11.9 Å². The van der Waals surface area contributed by atoms with Gasteiger partial charge in [-0.25, -0.2) is 0 Å². The molecule has 0 spiro atoms. The smallest absolute Gasteiger partial charge is 0.310 e. The summed E-state index contributed by atoms with van der Waals surface area (Å²) in [5.74, 6) is -0.826. The van der Waals surface area contributed by atoms with E-state index in [0.717, 1.165) is 10.2 Å². The average Bonchev–Trinajstić information content (AvgIpc) is 2.20. The van der Waals surface area contributed by atoms with Gasteiger partial charge in [0.05, 0.1) is 10.4 Å². The Balaban J connectivity index is 2.68.